The van der Waals surface area contributed by atoms with E-state index in [9.17, 15) is 16.8 Å². The average molecular weight is 422 g/mol. The van der Waals surface area contributed by atoms with Crippen LogP contribution in [0.3, 0.4) is 0 Å². The molecule has 6 nitrogen and oxygen atoms in total. The van der Waals surface area contributed by atoms with E-state index in [4.69, 9.17) is 5.11 Å². The molecule has 0 aromatic heterocycles. The highest BCUT2D eigenvalue weighted by molar-refractivity contribution is 7.92. The van der Waals surface area contributed by atoms with Gasteiger partial charge in [0, 0.05) is 12.0 Å². The van der Waals surface area contributed by atoms with Crippen molar-refractivity contribution < 1.29 is 21.9 Å². The van der Waals surface area contributed by atoms with Crippen LogP contribution in [0.15, 0.2) is 51.1 Å². The Bertz CT molecular complexity index is 1150. The van der Waals surface area contributed by atoms with Crippen molar-refractivity contribution in [1.29, 1.82) is 0 Å². The van der Waals surface area contributed by atoms with Crippen LogP contribution < -0.4 is 4.72 Å². The average Bonchev–Trinajstić information content (AvgIpc) is 3.15. The fraction of sp³-hybridized carbons (Fsp3) is 0.400. The summed E-state index contributed by atoms with van der Waals surface area (Å²) in [5.74, 6) is 0. The van der Waals surface area contributed by atoms with Crippen LogP contribution in [0.25, 0.3) is 0 Å². The number of rotatable bonds is 4. The molecule has 2 aromatic rings. The summed E-state index contributed by atoms with van der Waals surface area (Å²) in [7, 11) is -7.75. The molecule has 4 rings (SSSR count). The van der Waals surface area contributed by atoms with Crippen LogP contribution in [0.5, 0.6) is 0 Å². The smallest absolute Gasteiger partial charge is 0.240 e. The van der Waals surface area contributed by atoms with Crippen LogP contribution in [0.2, 0.25) is 0 Å². The molecule has 1 heterocycles. The molecule has 1 aliphatic heterocycles. The molecule has 28 heavy (non-hydrogen) atoms. The van der Waals surface area contributed by atoms with E-state index >= 15 is 0 Å². The third-order valence-corrected chi connectivity index (χ3v) is 9.38. The Labute approximate surface area is 165 Å². The van der Waals surface area contributed by atoms with Gasteiger partial charge in [-0.1, -0.05) is 37.1 Å². The van der Waals surface area contributed by atoms with Crippen molar-refractivity contribution in [3.05, 3.63) is 53.1 Å². The maximum atomic E-state index is 13.4. The Morgan fingerprint density at radius 3 is 2.43 bits per heavy atom. The zero-order valence-corrected chi connectivity index (χ0v) is 17.2. The molecule has 2 aromatic carbocycles. The second-order valence-electron chi connectivity index (χ2n) is 7.52. The first kappa shape index (κ1) is 19.6. The molecule has 0 amide bonds. The van der Waals surface area contributed by atoms with E-state index in [-0.39, 0.29) is 33.3 Å². The van der Waals surface area contributed by atoms with Gasteiger partial charge in [0.15, 0.2) is 0 Å². The van der Waals surface area contributed by atoms with Crippen molar-refractivity contribution in [2.45, 2.75) is 52.7 Å². The molecule has 1 saturated carbocycles. The fourth-order valence-corrected chi connectivity index (χ4v) is 7.90. The number of aryl methyl sites for hydroxylation is 1. The van der Waals surface area contributed by atoms with Crippen molar-refractivity contribution in [1.82, 2.24) is 4.72 Å². The SMILES string of the molecule is Cc1cc2c(cc1S(=O)(=O)NCCO)S(=O)(=O)c1ccccc1C21CCCC1. The monoisotopic (exact) mass is 421 g/mol. The minimum absolute atomic E-state index is 0.0594. The lowest BCUT2D eigenvalue weighted by molar-refractivity contribution is 0.301. The van der Waals surface area contributed by atoms with Crippen LogP contribution >= 0.6 is 0 Å². The van der Waals surface area contributed by atoms with Crippen LogP contribution in [0.1, 0.15) is 42.4 Å². The van der Waals surface area contributed by atoms with Gasteiger partial charge in [0.05, 0.1) is 21.3 Å². The van der Waals surface area contributed by atoms with E-state index in [1.165, 1.54) is 6.07 Å². The molecule has 8 heteroatoms. The normalized spacial score (nSPS) is 19.4. The third-order valence-electron chi connectivity index (χ3n) is 5.92. The number of fused-ring (bicyclic) bond motifs is 4. The van der Waals surface area contributed by atoms with E-state index in [0.29, 0.717) is 11.1 Å². The Morgan fingerprint density at radius 2 is 1.75 bits per heavy atom. The van der Waals surface area contributed by atoms with Gasteiger partial charge in [0.25, 0.3) is 0 Å². The summed E-state index contributed by atoms with van der Waals surface area (Å²) in [6, 6.07) is 10.1. The molecule has 0 bridgehead atoms. The number of hydrogen-bond donors (Lipinski definition) is 2. The molecule has 150 valence electrons. The van der Waals surface area contributed by atoms with Gasteiger partial charge in [0.2, 0.25) is 19.9 Å². The molecule has 0 radical (unpaired) electrons. The van der Waals surface area contributed by atoms with Crippen molar-refractivity contribution in [2.24, 2.45) is 0 Å². The molecular weight excluding hydrogens is 398 g/mol. The predicted octanol–water partition coefficient (Wildman–Crippen LogP) is 2.27. The highest BCUT2D eigenvalue weighted by Gasteiger charge is 2.48. The number of benzene rings is 2. The number of nitrogens with one attached hydrogen (secondary N) is 1. The van der Waals surface area contributed by atoms with Crippen molar-refractivity contribution in [3.8, 4) is 0 Å². The van der Waals surface area contributed by atoms with E-state index in [0.717, 1.165) is 31.2 Å². The standard InChI is InChI=1S/C20H23NO5S2/c1-14-12-16-19(13-18(14)28(25,26)21-10-11-22)27(23,24)17-7-3-2-6-15(17)20(16)8-4-5-9-20/h2-3,6-7,12-13,21-22H,4-5,8-11H2,1H3. The van der Waals surface area contributed by atoms with E-state index in [1.54, 1.807) is 25.1 Å². The Balaban J connectivity index is 2.02. The summed E-state index contributed by atoms with van der Waals surface area (Å²) in [4.78, 5) is 0.304. The number of sulfonamides is 1. The lowest BCUT2D eigenvalue weighted by atomic mass is 9.72. The van der Waals surface area contributed by atoms with Crippen LogP contribution in [0.4, 0.5) is 0 Å². The van der Waals surface area contributed by atoms with Crippen LogP contribution in [-0.4, -0.2) is 35.1 Å². The first-order chi connectivity index (χ1) is 13.2. The minimum Gasteiger partial charge on any atom is -0.395 e. The first-order valence-corrected chi connectivity index (χ1v) is 12.3. The van der Waals surface area contributed by atoms with Gasteiger partial charge < -0.3 is 5.11 Å². The predicted molar refractivity (Wildman–Crippen MR) is 105 cm³/mol. The van der Waals surface area contributed by atoms with Crippen LogP contribution in [0, 0.1) is 6.92 Å². The van der Waals surface area contributed by atoms with E-state index in [2.05, 4.69) is 4.72 Å². The minimum atomic E-state index is -3.92. The van der Waals surface area contributed by atoms with Crippen molar-refractivity contribution in [3.63, 3.8) is 0 Å². The van der Waals surface area contributed by atoms with Crippen LogP contribution in [-0.2, 0) is 25.3 Å². The maximum absolute atomic E-state index is 13.4. The quantitative estimate of drug-likeness (QED) is 0.789. The summed E-state index contributed by atoms with van der Waals surface area (Å²) in [5.41, 5.74) is 1.66. The molecular formula is C20H23NO5S2. The highest BCUT2D eigenvalue weighted by Crippen LogP contribution is 2.54. The summed E-state index contributed by atoms with van der Waals surface area (Å²) < 4.78 is 54.4. The molecule has 1 spiro atoms. The molecule has 1 aliphatic carbocycles. The Kier molecular flexibility index (Phi) is 4.65. The Morgan fingerprint density at radius 1 is 1.07 bits per heavy atom. The lowest BCUT2D eigenvalue weighted by Crippen LogP contribution is -2.34. The number of hydrogen-bond acceptors (Lipinski definition) is 5. The number of aliphatic hydroxyl groups excluding tert-OH is 1. The summed E-state index contributed by atoms with van der Waals surface area (Å²) in [5, 5.41) is 8.95. The number of aliphatic hydroxyl groups is 1. The largest absolute Gasteiger partial charge is 0.395 e. The topological polar surface area (TPSA) is 101 Å². The van der Waals surface area contributed by atoms with Gasteiger partial charge in [-0.15, -0.1) is 0 Å². The third kappa shape index (κ3) is 2.74. The molecule has 0 atom stereocenters. The maximum Gasteiger partial charge on any atom is 0.240 e. The van der Waals surface area contributed by atoms with Gasteiger partial charge in [-0.05, 0) is 48.6 Å². The van der Waals surface area contributed by atoms with Gasteiger partial charge in [-0.25, -0.2) is 21.6 Å². The Hall–Kier alpha value is -1.74. The molecule has 0 saturated heterocycles. The summed E-state index contributed by atoms with van der Waals surface area (Å²) >= 11 is 0. The van der Waals surface area contributed by atoms with Gasteiger partial charge in [-0.2, -0.15) is 0 Å². The first-order valence-electron chi connectivity index (χ1n) is 9.34. The van der Waals surface area contributed by atoms with Crippen molar-refractivity contribution >= 4 is 19.9 Å². The zero-order valence-electron chi connectivity index (χ0n) is 15.6. The fourth-order valence-electron chi connectivity index (χ4n) is 4.69. The van der Waals surface area contributed by atoms with Gasteiger partial charge in [0.1, 0.15) is 0 Å². The molecule has 2 aliphatic rings. The second-order valence-corrected chi connectivity index (χ2v) is 11.1. The lowest BCUT2D eigenvalue weighted by Gasteiger charge is -2.38. The van der Waals surface area contributed by atoms with Gasteiger partial charge >= 0.3 is 0 Å². The zero-order chi connectivity index (χ0) is 20.2. The van der Waals surface area contributed by atoms with Gasteiger partial charge in [-0.3, -0.25) is 0 Å². The number of sulfone groups is 1. The van der Waals surface area contributed by atoms with E-state index < -0.39 is 19.9 Å². The highest BCUT2D eigenvalue weighted by atomic mass is 32.2. The summed E-state index contributed by atoms with van der Waals surface area (Å²) in [6.45, 7) is 1.22. The van der Waals surface area contributed by atoms with Crippen molar-refractivity contribution in [2.75, 3.05) is 13.2 Å². The van der Waals surface area contributed by atoms with E-state index in [1.807, 2.05) is 12.1 Å². The molecule has 0 unspecified atom stereocenters. The molecule has 2 N–H and O–H groups in total. The summed E-state index contributed by atoms with van der Waals surface area (Å²) in [6.07, 6.45) is 3.71. The molecule has 1 fully saturated rings. The second kappa shape index (κ2) is 6.66.